The lowest BCUT2D eigenvalue weighted by molar-refractivity contribution is -0.139. The molecule has 0 aromatic heterocycles. The number of benzene rings is 2. The molecule has 0 bridgehead atoms. The summed E-state index contributed by atoms with van der Waals surface area (Å²) in [5, 5.41) is 10.6. The maximum absolute atomic E-state index is 13.3. The van der Waals surface area contributed by atoms with E-state index in [9.17, 15) is 19.2 Å². The minimum atomic E-state index is -0.865. The Bertz CT molecular complexity index is 1620. The summed E-state index contributed by atoms with van der Waals surface area (Å²) in [6.07, 6.45) is 0.840. The Kier molecular flexibility index (Phi) is 12.8. The van der Waals surface area contributed by atoms with Gasteiger partial charge in [-0.25, -0.2) is 15.0 Å². The number of ether oxygens (including phenoxy) is 4. The highest BCUT2D eigenvalue weighted by atomic mass is 35.5. The largest absolute Gasteiger partial charge is 0.482 e. The van der Waals surface area contributed by atoms with Crippen LogP contribution in [-0.4, -0.2) is 69.0 Å². The number of nitrogens with one attached hydrogen (secondary N) is 3. The van der Waals surface area contributed by atoms with Gasteiger partial charge in [-0.3, -0.25) is 9.59 Å². The highest BCUT2D eigenvalue weighted by Gasteiger charge is 2.39. The number of nitrogens with zero attached hydrogens (tertiary/aromatic N) is 1. The van der Waals surface area contributed by atoms with Crippen LogP contribution in [0.5, 0.6) is 5.75 Å². The van der Waals surface area contributed by atoms with E-state index < -0.39 is 23.8 Å². The molecule has 2 aliphatic rings. The lowest BCUT2D eigenvalue weighted by Gasteiger charge is -2.32. The van der Waals surface area contributed by atoms with Crippen molar-refractivity contribution in [1.82, 2.24) is 16.1 Å². The van der Waals surface area contributed by atoms with Gasteiger partial charge in [0.25, 0.3) is 5.91 Å². The molecule has 2 heterocycles. The quantitative estimate of drug-likeness (QED) is 0.196. The van der Waals surface area contributed by atoms with Crippen molar-refractivity contribution < 1.29 is 38.1 Å². The van der Waals surface area contributed by atoms with E-state index in [-0.39, 0.29) is 56.6 Å². The van der Waals surface area contributed by atoms with E-state index in [4.69, 9.17) is 42.1 Å². The highest BCUT2D eigenvalue weighted by Crippen LogP contribution is 2.42. The van der Waals surface area contributed by atoms with Crippen molar-refractivity contribution in [3.63, 3.8) is 0 Å². The molecular weight excluding hydrogens is 651 g/mol. The fourth-order valence-electron chi connectivity index (χ4n) is 5.07. The van der Waals surface area contributed by atoms with Crippen LogP contribution in [0.25, 0.3) is 0 Å². The third-order valence-corrected chi connectivity index (χ3v) is 7.83. The lowest BCUT2D eigenvalue weighted by atomic mass is 9.80. The van der Waals surface area contributed by atoms with Gasteiger partial charge in [0.05, 0.1) is 59.9 Å². The molecule has 1 atom stereocenters. The molecule has 0 fully saturated rings. The van der Waals surface area contributed by atoms with Crippen molar-refractivity contribution in [2.24, 2.45) is 5.10 Å². The average molecular weight is 688 g/mol. The Balaban J connectivity index is 1.37. The topological polar surface area (TPSA) is 154 Å². The SMILES string of the molecule is CCOC(=O)C1=C(C)NC(COCCNC(=O)COc2ccc(C3=NNC(=O)CC3)cc2Cl)=C(C(=O)OCC)C1c1ccccc1Cl. The lowest BCUT2D eigenvalue weighted by Crippen LogP contribution is -2.36. The molecule has 3 N–H and O–H groups in total. The smallest absolute Gasteiger partial charge is 0.336 e. The van der Waals surface area contributed by atoms with Gasteiger partial charge < -0.3 is 29.6 Å². The van der Waals surface area contributed by atoms with Crippen molar-refractivity contribution in [2.75, 3.05) is 39.6 Å². The van der Waals surface area contributed by atoms with Gasteiger partial charge in [0.1, 0.15) is 5.75 Å². The summed E-state index contributed by atoms with van der Waals surface area (Å²) in [7, 11) is 0. The molecule has 12 nitrogen and oxygen atoms in total. The highest BCUT2D eigenvalue weighted by molar-refractivity contribution is 6.32. The van der Waals surface area contributed by atoms with Crippen LogP contribution in [0.15, 0.2) is 70.1 Å². The zero-order chi connectivity index (χ0) is 33.9. The maximum atomic E-state index is 13.3. The van der Waals surface area contributed by atoms with Gasteiger partial charge >= 0.3 is 11.9 Å². The average Bonchev–Trinajstić information content (AvgIpc) is 3.04. The number of carbonyl (C=O) groups is 4. The molecule has 2 aliphatic heterocycles. The molecule has 0 saturated carbocycles. The number of esters is 2. The second-order valence-electron chi connectivity index (χ2n) is 10.4. The van der Waals surface area contributed by atoms with Gasteiger partial charge in [0.2, 0.25) is 5.91 Å². The van der Waals surface area contributed by atoms with Gasteiger partial charge in [0.15, 0.2) is 6.61 Å². The molecule has 0 radical (unpaired) electrons. The number of hydrogen-bond acceptors (Lipinski definition) is 10. The summed E-state index contributed by atoms with van der Waals surface area (Å²) in [6.45, 7) is 5.28. The standard InChI is InChI=1S/C33H36Cl2N4O8/c1-4-45-32(42)29-19(3)37-25(31(33(43)46-5-2)30(29)21-8-6-7-9-22(21)34)17-44-15-14-36-28(41)18-47-26-12-10-20(16-23(26)35)24-11-13-27(40)39-38-24/h6-10,12,16,30,37H,4-5,11,13-15,17-18H2,1-3H3,(H,36,41)(H,39,40). The minimum absolute atomic E-state index is 0.0498. The number of allylic oxidation sites excluding steroid dienone is 1. The molecule has 47 heavy (non-hydrogen) atoms. The number of rotatable bonds is 14. The third-order valence-electron chi connectivity index (χ3n) is 7.20. The number of hydrogen-bond donors (Lipinski definition) is 3. The van der Waals surface area contributed by atoms with Gasteiger partial charge in [0, 0.05) is 30.1 Å². The molecule has 2 amide bonds. The molecule has 0 aliphatic carbocycles. The van der Waals surface area contributed by atoms with Crippen molar-refractivity contribution in [3.05, 3.63) is 86.2 Å². The molecule has 250 valence electrons. The molecule has 0 saturated heterocycles. The maximum Gasteiger partial charge on any atom is 0.336 e. The molecule has 14 heteroatoms. The Morgan fingerprint density at radius 2 is 1.70 bits per heavy atom. The first-order valence-electron chi connectivity index (χ1n) is 15.1. The zero-order valence-corrected chi connectivity index (χ0v) is 27.8. The third kappa shape index (κ3) is 9.12. The van der Waals surface area contributed by atoms with E-state index in [0.717, 1.165) is 5.56 Å². The molecule has 4 rings (SSSR count). The van der Waals surface area contributed by atoms with E-state index >= 15 is 0 Å². The number of halogens is 2. The summed E-state index contributed by atoms with van der Waals surface area (Å²) < 4.78 is 22.1. The summed E-state index contributed by atoms with van der Waals surface area (Å²) in [5.74, 6) is -2.29. The van der Waals surface area contributed by atoms with Crippen LogP contribution in [0.3, 0.4) is 0 Å². The molecule has 1 unspecified atom stereocenters. The number of dihydropyridines is 1. The van der Waals surface area contributed by atoms with Crippen molar-refractivity contribution in [2.45, 2.75) is 39.5 Å². The molecule has 2 aromatic rings. The predicted molar refractivity (Wildman–Crippen MR) is 175 cm³/mol. The van der Waals surface area contributed by atoms with Crippen LogP contribution in [0, 0.1) is 0 Å². The summed E-state index contributed by atoms with van der Waals surface area (Å²) in [4.78, 5) is 50.2. The van der Waals surface area contributed by atoms with Crippen LogP contribution in [0.4, 0.5) is 0 Å². The van der Waals surface area contributed by atoms with Gasteiger partial charge in [-0.05, 0) is 56.2 Å². The van der Waals surface area contributed by atoms with Crippen LogP contribution in [-0.2, 0) is 33.4 Å². The summed E-state index contributed by atoms with van der Waals surface area (Å²) in [6, 6.07) is 12.0. The first kappa shape index (κ1) is 35.5. The predicted octanol–water partition coefficient (Wildman–Crippen LogP) is 4.16. The summed E-state index contributed by atoms with van der Waals surface area (Å²) in [5.41, 5.74) is 5.73. The first-order chi connectivity index (χ1) is 22.6. The molecule has 0 spiro atoms. The van der Waals surface area contributed by atoms with Crippen LogP contribution >= 0.6 is 23.2 Å². The number of carbonyl (C=O) groups excluding carboxylic acids is 4. The van der Waals surface area contributed by atoms with E-state index in [0.29, 0.717) is 51.3 Å². The minimum Gasteiger partial charge on any atom is -0.482 e. The van der Waals surface area contributed by atoms with E-state index in [1.54, 1.807) is 63.2 Å². The number of amides is 2. The zero-order valence-electron chi connectivity index (χ0n) is 26.2. The normalized spacial score (nSPS) is 16.1. The fraction of sp³-hybridized carbons (Fsp3) is 0.364. The Morgan fingerprint density at radius 1 is 0.979 bits per heavy atom. The van der Waals surface area contributed by atoms with Gasteiger partial charge in [-0.2, -0.15) is 5.10 Å². The molecule has 2 aromatic carbocycles. The van der Waals surface area contributed by atoms with Crippen molar-refractivity contribution >= 4 is 52.7 Å². The van der Waals surface area contributed by atoms with Crippen LogP contribution in [0.2, 0.25) is 10.0 Å². The molecular formula is C33H36Cl2N4O8. The Morgan fingerprint density at radius 3 is 2.36 bits per heavy atom. The summed E-state index contributed by atoms with van der Waals surface area (Å²) >= 11 is 12.9. The van der Waals surface area contributed by atoms with Crippen LogP contribution < -0.4 is 20.8 Å². The van der Waals surface area contributed by atoms with Gasteiger partial charge in [-0.15, -0.1) is 0 Å². The Hall–Kier alpha value is -4.39. The van der Waals surface area contributed by atoms with E-state index in [2.05, 4.69) is 21.2 Å². The second kappa shape index (κ2) is 17.0. The fourth-order valence-corrected chi connectivity index (χ4v) is 5.55. The Labute approximate surface area is 282 Å². The van der Waals surface area contributed by atoms with E-state index in [1.165, 1.54) is 0 Å². The van der Waals surface area contributed by atoms with Crippen LogP contribution in [0.1, 0.15) is 50.7 Å². The second-order valence-corrected chi connectivity index (χ2v) is 11.2. The first-order valence-corrected chi connectivity index (χ1v) is 15.8. The van der Waals surface area contributed by atoms with Crippen molar-refractivity contribution in [1.29, 1.82) is 0 Å². The monoisotopic (exact) mass is 686 g/mol. The van der Waals surface area contributed by atoms with E-state index in [1.807, 2.05) is 0 Å². The van der Waals surface area contributed by atoms with Gasteiger partial charge in [-0.1, -0.05) is 41.4 Å². The number of hydrazone groups is 1. The van der Waals surface area contributed by atoms with Crippen molar-refractivity contribution in [3.8, 4) is 5.75 Å².